The van der Waals surface area contributed by atoms with E-state index in [9.17, 15) is 4.79 Å². The molecule has 1 aliphatic rings. The molecule has 0 radical (unpaired) electrons. The van der Waals surface area contributed by atoms with Crippen LogP contribution in [0.2, 0.25) is 0 Å². The topological polar surface area (TPSA) is 32.3 Å². The molecule has 0 aliphatic carbocycles. The van der Waals surface area contributed by atoms with Crippen molar-refractivity contribution in [1.82, 2.24) is 5.32 Å². The Morgan fingerprint density at radius 1 is 1.28 bits per heavy atom. The van der Waals surface area contributed by atoms with Crippen molar-refractivity contribution in [3.63, 3.8) is 0 Å². The van der Waals surface area contributed by atoms with Gasteiger partial charge in [-0.2, -0.15) is 0 Å². The van der Waals surface area contributed by atoms with Gasteiger partial charge in [0.05, 0.1) is 0 Å². The normalized spacial score (nSPS) is 13.5. The van der Waals surface area contributed by atoms with Gasteiger partial charge in [0.2, 0.25) is 0 Å². The van der Waals surface area contributed by atoms with Crippen LogP contribution in [-0.4, -0.2) is 19.1 Å². The number of unbranched alkanes of at least 4 members (excludes halogenated alkanes) is 3. The zero-order valence-corrected chi connectivity index (χ0v) is 11.1. The van der Waals surface area contributed by atoms with Crippen LogP contribution < -0.4 is 10.2 Å². The minimum Gasteiger partial charge on any atom is -0.338 e. The maximum absolute atomic E-state index is 12.1. The highest BCUT2D eigenvalue weighted by molar-refractivity contribution is 5.94. The summed E-state index contributed by atoms with van der Waals surface area (Å²) >= 11 is 0. The van der Waals surface area contributed by atoms with Gasteiger partial charge in [0.15, 0.2) is 0 Å². The van der Waals surface area contributed by atoms with E-state index in [1.807, 2.05) is 23.1 Å². The summed E-state index contributed by atoms with van der Waals surface area (Å²) < 4.78 is 0. The minimum atomic E-state index is 0.0523. The summed E-state index contributed by atoms with van der Waals surface area (Å²) in [7, 11) is 0. The average Bonchev–Trinajstić information content (AvgIpc) is 2.82. The van der Waals surface area contributed by atoms with Gasteiger partial charge in [-0.05, 0) is 24.5 Å². The van der Waals surface area contributed by atoms with Crippen molar-refractivity contribution < 1.29 is 4.79 Å². The van der Waals surface area contributed by atoms with Gasteiger partial charge in [0, 0.05) is 18.8 Å². The molecule has 0 spiro atoms. The van der Waals surface area contributed by atoms with Gasteiger partial charge in [0.25, 0.3) is 0 Å². The first kappa shape index (κ1) is 12.9. The number of carbonyl (C=O) groups is 1. The number of anilines is 1. The van der Waals surface area contributed by atoms with Crippen molar-refractivity contribution in [1.29, 1.82) is 0 Å². The van der Waals surface area contributed by atoms with E-state index in [0.29, 0.717) is 0 Å². The van der Waals surface area contributed by atoms with Crippen molar-refractivity contribution >= 4 is 11.7 Å². The van der Waals surface area contributed by atoms with Crippen LogP contribution in [0.4, 0.5) is 10.5 Å². The standard InChI is InChI=1S/C15H22N2O/c1-2-3-4-7-11-16-15(18)17-12-10-13-8-5-6-9-14(13)17/h5-6,8-9H,2-4,7,10-12H2,1H3,(H,16,18). The summed E-state index contributed by atoms with van der Waals surface area (Å²) in [4.78, 5) is 13.9. The number of hydrogen-bond acceptors (Lipinski definition) is 1. The van der Waals surface area contributed by atoms with Gasteiger partial charge in [-0.1, -0.05) is 44.4 Å². The molecule has 3 heteroatoms. The molecule has 18 heavy (non-hydrogen) atoms. The van der Waals surface area contributed by atoms with Crippen LogP contribution in [0.3, 0.4) is 0 Å². The monoisotopic (exact) mass is 246 g/mol. The molecule has 98 valence electrons. The number of benzene rings is 1. The van der Waals surface area contributed by atoms with Crippen LogP contribution in [0.1, 0.15) is 38.2 Å². The van der Waals surface area contributed by atoms with E-state index in [0.717, 1.165) is 31.6 Å². The third-order valence-corrected chi connectivity index (χ3v) is 3.44. The second kappa shape index (κ2) is 6.43. The first-order chi connectivity index (χ1) is 8.83. The van der Waals surface area contributed by atoms with Gasteiger partial charge < -0.3 is 5.32 Å². The van der Waals surface area contributed by atoms with E-state index in [2.05, 4.69) is 18.3 Å². The first-order valence-corrected chi connectivity index (χ1v) is 6.96. The predicted molar refractivity (Wildman–Crippen MR) is 75.0 cm³/mol. The van der Waals surface area contributed by atoms with E-state index >= 15 is 0 Å². The molecule has 0 saturated carbocycles. The molecule has 2 amide bonds. The number of carbonyl (C=O) groups excluding carboxylic acids is 1. The average molecular weight is 246 g/mol. The smallest absolute Gasteiger partial charge is 0.321 e. The van der Waals surface area contributed by atoms with Crippen molar-refractivity contribution in [3.05, 3.63) is 29.8 Å². The highest BCUT2D eigenvalue weighted by Gasteiger charge is 2.23. The molecule has 0 aromatic heterocycles. The van der Waals surface area contributed by atoms with Crippen molar-refractivity contribution in [3.8, 4) is 0 Å². The van der Waals surface area contributed by atoms with Crippen LogP contribution >= 0.6 is 0 Å². The van der Waals surface area contributed by atoms with E-state index < -0.39 is 0 Å². The Morgan fingerprint density at radius 2 is 2.11 bits per heavy atom. The molecule has 0 saturated heterocycles. The Hall–Kier alpha value is -1.51. The molecule has 1 heterocycles. The summed E-state index contributed by atoms with van der Waals surface area (Å²) in [6.45, 7) is 3.79. The lowest BCUT2D eigenvalue weighted by atomic mass is 10.2. The lowest BCUT2D eigenvalue weighted by Crippen LogP contribution is -2.39. The number of nitrogens with zero attached hydrogens (tertiary/aromatic N) is 1. The number of fused-ring (bicyclic) bond motifs is 1. The van der Waals surface area contributed by atoms with Crippen molar-refractivity contribution in [2.24, 2.45) is 0 Å². The fraction of sp³-hybridized carbons (Fsp3) is 0.533. The van der Waals surface area contributed by atoms with Crippen molar-refractivity contribution in [2.45, 2.75) is 39.0 Å². The lowest BCUT2D eigenvalue weighted by Gasteiger charge is -2.18. The fourth-order valence-electron chi connectivity index (χ4n) is 2.39. The predicted octanol–water partition coefficient (Wildman–Crippen LogP) is 3.34. The molecule has 1 aromatic rings. The Bertz CT molecular complexity index is 403. The molecule has 0 bridgehead atoms. The Kier molecular flexibility index (Phi) is 4.62. The van der Waals surface area contributed by atoms with E-state index in [1.54, 1.807) is 0 Å². The zero-order valence-electron chi connectivity index (χ0n) is 11.1. The number of nitrogens with one attached hydrogen (secondary N) is 1. The summed E-state index contributed by atoms with van der Waals surface area (Å²) in [5, 5.41) is 3.01. The van der Waals surface area contributed by atoms with E-state index in [1.165, 1.54) is 24.8 Å². The Labute approximate surface area is 109 Å². The number of urea groups is 1. The molecule has 1 N–H and O–H groups in total. The summed E-state index contributed by atoms with van der Waals surface area (Å²) in [6.07, 6.45) is 5.73. The van der Waals surface area contributed by atoms with Gasteiger partial charge in [0.1, 0.15) is 0 Å². The van der Waals surface area contributed by atoms with Crippen LogP contribution in [0, 0.1) is 0 Å². The van der Waals surface area contributed by atoms with Gasteiger partial charge in [-0.15, -0.1) is 0 Å². The molecule has 0 atom stereocenters. The van der Waals surface area contributed by atoms with Gasteiger partial charge in [-0.3, -0.25) is 4.90 Å². The molecular weight excluding hydrogens is 224 g/mol. The molecule has 0 unspecified atom stereocenters. The Balaban J connectivity index is 1.80. The first-order valence-electron chi connectivity index (χ1n) is 6.96. The summed E-state index contributed by atoms with van der Waals surface area (Å²) in [5.41, 5.74) is 2.35. The molecule has 2 rings (SSSR count). The number of amides is 2. The third-order valence-electron chi connectivity index (χ3n) is 3.44. The van der Waals surface area contributed by atoms with Crippen molar-refractivity contribution in [2.75, 3.05) is 18.0 Å². The van der Waals surface area contributed by atoms with Gasteiger partial charge in [-0.25, -0.2) is 4.79 Å². The van der Waals surface area contributed by atoms with E-state index in [-0.39, 0.29) is 6.03 Å². The maximum atomic E-state index is 12.1. The van der Waals surface area contributed by atoms with Crippen LogP contribution in [0.15, 0.2) is 24.3 Å². The van der Waals surface area contributed by atoms with Gasteiger partial charge >= 0.3 is 6.03 Å². The molecule has 1 aliphatic heterocycles. The quantitative estimate of drug-likeness (QED) is 0.794. The molecular formula is C15H22N2O. The largest absolute Gasteiger partial charge is 0.338 e. The second-order valence-electron chi connectivity index (χ2n) is 4.82. The fourth-order valence-corrected chi connectivity index (χ4v) is 2.39. The van der Waals surface area contributed by atoms with Crippen LogP contribution in [-0.2, 0) is 6.42 Å². The Morgan fingerprint density at radius 3 is 2.94 bits per heavy atom. The number of hydrogen-bond donors (Lipinski definition) is 1. The summed E-state index contributed by atoms with van der Waals surface area (Å²) in [5.74, 6) is 0. The molecule has 1 aromatic carbocycles. The lowest BCUT2D eigenvalue weighted by molar-refractivity contribution is 0.246. The zero-order chi connectivity index (χ0) is 12.8. The maximum Gasteiger partial charge on any atom is 0.321 e. The SMILES string of the molecule is CCCCCCNC(=O)N1CCc2ccccc21. The van der Waals surface area contributed by atoms with E-state index in [4.69, 9.17) is 0 Å². The summed E-state index contributed by atoms with van der Waals surface area (Å²) in [6, 6.07) is 8.20. The third kappa shape index (κ3) is 3.03. The molecule has 0 fully saturated rings. The minimum absolute atomic E-state index is 0.0523. The second-order valence-corrected chi connectivity index (χ2v) is 4.82. The van der Waals surface area contributed by atoms with Crippen LogP contribution in [0.25, 0.3) is 0 Å². The highest BCUT2D eigenvalue weighted by Crippen LogP contribution is 2.27. The number of para-hydroxylation sites is 1. The van der Waals surface area contributed by atoms with Crippen LogP contribution in [0.5, 0.6) is 0 Å². The highest BCUT2D eigenvalue weighted by atomic mass is 16.2. The molecule has 3 nitrogen and oxygen atoms in total. The number of rotatable bonds is 5.